The van der Waals surface area contributed by atoms with E-state index in [0.29, 0.717) is 11.6 Å². The summed E-state index contributed by atoms with van der Waals surface area (Å²) in [4.78, 5) is 27.0. The zero-order valence-electron chi connectivity index (χ0n) is 11.6. The molecule has 0 aliphatic carbocycles. The van der Waals surface area contributed by atoms with Crippen molar-refractivity contribution in [3.63, 3.8) is 0 Å². The molecule has 1 aliphatic heterocycles. The van der Waals surface area contributed by atoms with E-state index in [1.807, 2.05) is 24.3 Å². The van der Waals surface area contributed by atoms with Crippen molar-refractivity contribution in [1.82, 2.24) is 10.3 Å². The number of amides is 1. The lowest BCUT2D eigenvalue weighted by Crippen LogP contribution is -2.33. The summed E-state index contributed by atoms with van der Waals surface area (Å²) in [5, 5.41) is 13.6. The zero-order chi connectivity index (χ0) is 15.5. The van der Waals surface area contributed by atoms with Crippen molar-refractivity contribution in [2.75, 3.05) is 6.61 Å². The fourth-order valence-electron chi connectivity index (χ4n) is 2.36. The first-order valence-corrected chi connectivity index (χ1v) is 7.68. The second kappa shape index (κ2) is 6.25. The van der Waals surface area contributed by atoms with E-state index < -0.39 is 12.1 Å². The third kappa shape index (κ3) is 3.00. The number of aromatic nitrogens is 1. The molecule has 22 heavy (non-hydrogen) atoms. The lowest BCUT2D eigenvalue weighted by atomic mass is 9.97. The van der Waals surface area contributed by atoms with Crippen LogP contribution in [0.5, 0.6) is 0 Å². The maximum absolute atomic E-state index is 12.3. The Morgan fingerprint density at radius 1 is 1.41 bits per heavy atom. The minimum Gasteiger partial charge on any atom is -0.476 e. The summed E-state index contributed by atoms with van der Waals surface area (Å²) in [7, 11) is 0. The van der Waals surface area contributed by atoms with Gasteiger partial charge in [0.1, 0.15) is 5.01 Å². The van der Waals surface area contributed by atoms with Crippen LogP contribution in [0, 0.1) is 0 Å². The molecule has 1 aromatic carbocycles. The summed E-state index contributed by atoms with van der Waals surface area (Å²) < 4.78 is 5.57. The molecule has 6 nitrogen and oxygen atoms in total. The van der Waals surface area contributed by atoms with E-state index in [0.717, 1.165) is 17.5 Å². The number of carbonyl (C=O) groups excluding carboxylic acids is 1. The van der Waals surface area contributed by atoms with Gasteiger partial charge in [0.25, 0.3) is 5.91 Å². The topological polar surface area (TPSA) is 88.5 Å². The minimum atomic E-state index is -1.07. The van der Waals surface area contributed by atoms with Crippen LogP contribution in [0.1, 0.15) is 32.7 Å². The Labute approximate surface area is 130 Å². The molecule has 0 unspecified atom stereocenters. The summed E-state index contributed by atoms with van der Waals surface area (Å²) in [5.74, 6) is -1.31. The number of aromatic carboxylic acids is 1. The molecular weight excluding hydrogens is 304 g/mol. The van der Waals surface area contributed by atoms with E-state index in [-0.39, 0.29) is 18.1 Å². The van der Waals surface area contributed by atoms with Gasteiger partial charge in [-0.15, -0.1) is 11.3 Å². The number of rotatable bonds is 4. The maximum atomic E-state index is 12.3. The Balaban J connectivity index is 1.66. The molecule has 0 fully saturated rings. The number of thiazole rings is 1. The maximum Gasteiger partial charge on any atom is 0.355 e. The molecule has 0 bridgehead atoms. The van der Waals surface area contributed by atoms with Gasteiger partial charge >= 0.3 is 5.97 Å². The van der Waals surface area contributed by atoms with Crippen LogP contribution in [0.15, 0.2) is 29.6 Å². The van der Waals surface area contributed by atoms with Crippen LogP contribution in [0.25, 0.3) is 0 Å². The molecule has 3 rings (SSSR count). The number of hydrogen-bond acceptors (Lipinski definition) is 5. The van der Waals surface area contributed by atoms with Crippen LogP contribution in [0.2, 0.25) is 0 Å². The fourth-order valence-corrected chi connectivity index (χ4v) is 3.06. The fraction of sp³-hybridized carbons (Fsp3) is 0.267. The van der Waals surface area contributed by atoms with Gasteiger partial charge in [-0.3, -0.25) is 4.79 Å². The van der Waals surface area contributed by atoms with Gasteiger partial charge in [-0.05, 0) is 17.5 Å². The SMILES string of the molecule is O=C(O)c1csc(CNC(=O)[C@@H]2OCCc3ccccc32)n1. The highest BCUT2D eigenvalue weighted by atomic mass is 32.1. The van der Waals surface area contributed by atoms with Gasteiger partial charge in [-0.1, -0.05) is 24.3 Å². The molecule has 2 N–H and O–H groups in total. The van der Waals surface area contributed by atoms with Crippen LogP contribution in [0.3, 0.4) is 0 Å². The van der Waals surface area contributed by atoms with E-state index in [1.54, 1.807) is 0 Å². The first-order valence-electron chi connectivity index (χ1n) is 6.80. The van der Waals surface area contributed by atoms with Crippen LogP contribution >= 0.6 is 11.3 Å². The summed E-state index contributed by atoms with van der Waals surface area (Å²) in [5.41, 5.74) is 2.00. The molecule has 1 aromatic heterocycles. The van der Waals surface area contributed by atoms with Crippen molar-refractivity contribution >= 4 is 23.2 Å². The van der Waals surface area contributed by atoms with Gasteiger partial charge in [-0.25, -0.2) is 9.78 Å². The number of ether oxygens (including phenoxy) is 1. The first kappa shape index (κ1) is 14.7. The molecule has 114 valence electrons. The van der Waals surface area contributed by atoms with E-state index in [1.165, 1.54) is 16.7 Å². The number of hydrogen-bond donors (Lipinski definition) is 2. The van der Waals surface area contributed by atoms with Crippen molar-refractivity contribution in [1.29, 1.82) is 0 Å². The molecule has 0 radical (unpaired) electrons. The Morgan fingerprint density at radius 2 is 2.23 bits per heavy atom. The molecule has 1 aliphatic rings. The normalized spacial score (nSPS) is 16.8. The molecule has 0 spiro atoms. The van der Waals surface area contributed by atoms with Crippen LogP contribution in [-0.4, -0.2) is 28.6 Å². The van der Waals surface area contributed by atoms with Gasteiger partial charge in [0, 0.05) is 5.38 Å². The van der Waals surface area contributed by atoms with Gasteiger partial charge in [0.05, 0.1) is 13.2 Å². The largest absolute Gasteiger partial charge is 0.476 e. The van der Waals surface area contributed by atoms with E-state index in [2.05, 4.69) is 10.3 Å². The van der Waals surface area contributed by atoms with Crippen molar-refractivity contribution in [2.24, 2.45) is 0 Å². The molecule has 1 amide bonds. The average molecular weight is 318 g/mol. The Bertz CT molecular complexity index is 713. The third-order valence-electron chi connectivity index (χ3n) is 3.42. The highest BCUT2D eigenvalue weighted by molar-refractivity contribution is 7.09. The van der Waals surface area contributed by atoms with Crippen LogP contribution < -0.4 is 5.32 Å². The molecule has 2 heterocycles. The highest BCUT2D eigenvalue weighted by Gasteiger charge is 2.27. The number of carboxylic acids is 1. The zero-order valence-corrected chi connectivity index (χ0v) is 12.4. The third-order valence-corrected chi connectivity index (χ3v) is 4.27. The van der Waals surface area contributed by atoms with Crippen LogP contribution in [0.4, 0.5) is 0 Å². The summed E-state index contributed by atoms with van der Waals surface area (Å²) in [6.45, 7) is 0.703. The number of nitrogens with one attached hydrogen (secondary N) is 1. The lowest BCUT2D eigenvalue weighted by molar-refractivity contribution is -0.134. The summed E-state index contributed by atoms with van der Waals surface area (Å²) in [6, 6.07) is 7.72. The molecule has 0 saturated heterocycles. The number of fused-ring (bicyclic) bond motifs is 1. The van der Waals surface area contributed by atoms with E-state index in [4.69, 9.17) is 9.84 Å². The average Bonchev–Trinajstić information content (AvgIpc) is 3.01. The van der Waals surface area contributed by atoms with Crippen molar-refractivity contribution < 1.29 is 19.4 Å². The molecule has 1 atom stereocenters. The number of carbonyl (C=O) groups is 2. The number of benzene rings is 1. The Hall–Kier alpha value is -2.25. The standard InChI is InChI=1S/C15H14N2O4S/c18-14(16-7-12-17-11(8-22-12)15(19)20)13-10-4-2-1-3-9(10)5-6-21-13/h1-4,8,13H,5-7H2,(H,16,18)(H,19,20)/t13-/m1/s1. The van der Waals surface area contributed by atoms with E-state index in [9.17, 15) is 9.59 Å². The monoisotopic (exact) mass is 318 g/mol. The first-order chi connectivity index (χ1) is 10.6. The quantitative estimate of drug-likeness (QED) is 0.897. The van der Waals surface area contributed by atoms with Gasteiger partial charge < -0.3 is 15.2 Å². The number of carboxylic acid groups (broad SMARTS) is 1. The molecule has 7 heteroatoms. The van der Waals surface area contributed by atoms with E-state index >= 15 is 0 Å². The molecule has 2 aromatic rings. The smallest absolute Gasteiger partial charge is 0.355 e. The summed E-state index contributed by atoms with van der Waals surface area (Å²) in [6.07, 6.45) is 0.179. The van der Waals surface area contributed by atoms with Gasteiger partial charge in [0.15, 0.2) is 11.8 Å². The predicted octanol–water partition coefficient (Wildman–Crippen LogP) is 1.77. The van der Waals surface area contributed by atoms with Gasteiger partial charge in [0.2, 0.25) is 0 Å². The highest BCUT2D eigenvalue weighted by Crippen LogP contribution is 2.27. The second-order valence-electron chi connectivity index (χ2n) is 4.85. The van der Waals surface area contributed by atoms with Crippen molar-refractivity contribution in [3.05, 3.63) is 51.5 Å². The predicted molar refractivity (Wildman–Crippen MR) is 79.8 cm³/mol. The van der Waals surface area contributed by atoms with Crippen molar-refractivity contribution in [2.45, 2.75) is 19.1 Å². The van der Waals surface area contributed by atoms with Crippen LogP contribution in [-0.2, 0) is 22.5 Å². The lowest BCUT2D eigenvalue weighted by Gasteiger charge is -2.25. The Morgan fingerprint density at radius 3 is 3.00 bits per heavy atom. The Kier molecular flexibility index (Phi) is 4.17. The molecule has 0 saturated carbocycles. The minimum absolute atomic E-state index is 0.00601. The summed E-state index contributed by atoms with van der Waals surface area (Å²) >= 11 is 1.20. The number of nitrogens with zero attached hydrogens (tertiary/aromatic N) is 1. The molecular formula is C15H14N2O4S. The second-order valence-corrected chi connectivity index (χ2v) is 5.79. The van der Waals surface area contributed by atoms with Gasteiger partial charge in [-0.2, -0.15) is 0 Å². The van der Waals surface area contributed by atoms with Crippen molar-refractivity contribution in [3.8, 4) is 0 Å².